The molecule has 3 N–H and O–H groups in total. The average molecular weight is 620 g/mol. The molecule has 1 atom stereocenters. The van der Waals surface area contributed by atoms with E-state index in [0.29, 0.717) is 54.0 Å². The van der Waals surface area contributed by atoms with Gasteiger partial charge < -0.3 is 29.9 Å². The molecule has 3 aromatic heterocycles. The van der Waals surface area contributed by atoms with E-state index in [1.54, 1.807) is 36.2 Å². The average Bonchev–Trinajstić information content (AvgIpc) is 3.76. The lowest BCUT2D eigenvalue weighted by atomic mass is 10.0. The molecule has 1 aliphatic heterocycles. The molecule has 0 aliphatic carbocycles. The Morgan fingerprint density at radius 1 is 1.18 bits per heavy atom. The zero-order valence-corrected chi connectivity index (χ0v) is 24.2. The molecule has 1 fully saturated rings. The number of likely N-dealkylation sites (tertiary alicyclic amines) is 1. The van der Waals surface area contributed by atoms with Crippen molar-refractivity contribution in [3.8, 4) is 16.9 Å². The topological polar surface area (TPSA) is 148 Å². The standard InChI is InChI=1S/C30H27ClFN7O5/c1-43-21-6-2-17(3-7-21)15-39-28-26(27(36-39)35-20-9-11-38(16-20)30(41)42)22(8-10-33-28)18-4-5-19(23(32)12-18)14-34-29(40)24-13-25(31)44-37-24/h2-8,10,12-13,20H,9,11,14-16H2,1H3,(H,34,40)(H,35,36)(H,41,42). The van der Waals surface area contributed by atoms with Crippen LogP contribution in [0.15, 0.2) is 65.3 Å². The minimum absolute atomic E-state index is 0.00775. The number of anilines is 1. The minimum Gasteiger partial charge on any atom is -0.497 e. The molecule has 0 saturated carbocycles. The first-order chi connectivity index (χ1) is 21.3. The van der Waals surface area contributed by atoms with Crippen LogP contribution in [-0.2, 0) is 13.1 Å². The molecule has 1 saturated heterocycles. The first kappa shape index (κ1) is 28.9. The Balaban J connectivity index is 1.32. The van der Waals surface area contributed by atoms with Crippen molar-refractivity contribution >= 4 is 40.5 Å². The van der Waals surface area contributed by atoms with E-state index in [9.17, 15) is 14.7 Å². The van der Waals surface area contributed by atoms with Crippen molar-refractivity contribution in [2.75, 3.05) is 25.5 Å². The van der Waals surface area contributed by atoms with E-state index in [1.807, 2.05) is 24.3 Å². The summed E-state index contributed by atoms with van der Waals surface area (Å²) >= 11 is 5.68. The van der Waals surface area contributed by atoms with Crippen molar-refractivity contribution in [3.05, 3.63) is 88.7 Å². The molecule has 1 unspecified atom stereocenters. The molecule has 5 aromatic rings. The summed E-state index contributed by atoms with van der Waals surface area (Å²) in [4.78, 5) is 29.8. The summed E-state index contributed by atoms with van der Waals surface area (Å²) in [5.74, 6) is 0.197. The van der Waals surface area contributed by atoms with Crippen LogP contribution in [0, 0.1) is 5.82 Å². The van der Waals surface area contributed by atoms with Gasteiger partial charge >= 0.3 is 6.09 Å². The summed E-state index contributed by atoms with van der Waals surface area (Å²) in [6, 6.07) is 15.3. The highest BCUT2D eigenvalue weighted by atomic mass is 35.5. The number of amides is 2. The molecular weight excluding hydrogens is 593 g/mol. The number of hydrogen-bond acceptors (Lipinski definition) is 8. The summed E-state index contributed by atoms with van der Waals surface area (Å²) in [6.07, 6.45) is 1.29. The van der Waals surface area contributed by atoms with Crippen LogP contribution in [0.4, 0.5) is 15.0 Å². The maximum absolute atomic E-state index is 15.4. The lowest BCUT2D eigenvalue weighted by Crippen LogP contribution is -2.30. The molecule has 4 heterocycles. The molecule has 14 heteroatoms. The van der Waals surface area contributed by atoms with Crippen LogP contribution in [0.5, 0.6) is 5.75 Å². The van der Waals surface area contributed by atoms with Gasteiger partial charge in [0.05, 0.1) is 19.0 Å². The molecule has 0 bridgehead atoms. The normalized spacial score (nSPS) is 14.6. The molecule has 226 valence electrons. The minimum atomic E-state index is -0.969. The van der Waals surface area contributed by atoms with Crippen molar-refractivity contribution in [2.45, 2.75) is 25.6 Å². The van der Waals surface area contributed by atoms with Crippen LogP contribution in [-0.4, -0.2) is 68.2 Å². The van der Waals surface area contributed by atoms with E-state index in [0.717, 1.165) is 11.3 Å². The summed E-state index contributed by atoms with van der Waals surface area (Å²) in [6.45, 7) is 1.06. The Kier molecular flexibility index (Phi) is 8.03. The quantitative estimate of drug-likeness (QED) is 0.207. The number of carbonyl (C=O) groups excluding carboxylic acids is 1. The maximum atomic E-state index is 15.4. The van der Waals surface area contributed by atoms with Crippen LogP contribution < -0.4 is 15.4 Å². The van der Waals surface area contributed by atoms with Gasteiger partial charge in [-0.2, -0.15) is 5.10 Å². The number of rotatable bonds is 9. The van der Waals surface area contributed by atoms with Gasteiger partial charge in [0, 0.05) is 43.5 Å². The van der Waals surface area contributed by atoms with Crippen molar-refractivity contribution in [2.24, 2.45) is 0 Å². The zero-order chi connectivity index (χ0) is 30.8. The molecule has 1 aliphatic rings. The Morgan fingerprint density at radius 2 is 2.00 bits per heavy atom. The molecular formula is C30H27ClFN7O5. The Labute approximate surface area is 255 Å². The largest absolute Gasteiger partial charge is 0.497 e. The summed E-state index contributed by atoms with van der Waals surface area (Å²) in [7, 11) is 1.61. The molecule has 2 amide bonds. The van der Waals surface area contributed by atoms with Gasteiger partial charge in [0.25, 0.3) is 5.91 Å². The number of fused-ring (bicyclic) bond motifs is 1. The number of nitrogens with zero attached hydrogens (tertiary/aromatic N) is 5. The first-order valence-corrected chi connectivity index (χ1v) is 14.1. The molecule has 44 heavy (non-hydrogen) atoms. The fraction of sp³-hybridized carbons (Fsp3) is 0.233. The van der Waals surface area contributed by atoms with Gasteiger partial charge in [0.2, 0.25) is 5.22 Å². The van der Waals surface area contributed by atoms with E-state index in [1.165, 1.54) is 17.0 Å². The number of pyridine rings is 1. The van der Waals surface area contributed by atoms with Crippen LogP contribution in [0.1, 0.15) is 28.0 Å². The zero-order valence-electron chi connectivity index (χ0n) is 23.5. The van der Waals surface area contributed by atoms with Gasteiger partial charge in [-0.3, -0.25) is 4.79 Å². The fourth-order valence-electron chi connectivity index (χ4n) is 5.18. The van der Waals surface area contributed by atoms with E-state index in [2.05, 4.69) is 20.8 Å². The van der Waals surface area contributed by atoms with Gasteiger partial charge in [-0.25, -0.2) is 18.9 Å². The smallest absolute Gasteiger partial charge is 0.407 e. The maximum Gasteiger partial charge on any atom is 0.407 e. The van der Waals surface area contributed by atoms with Crippen LogP contribution in [0.3, 0.4) is 0 Å². The predicted octanol–water partition coefficient (Wildman–Crippen LogP) is 5.03. The lowest BCUT2D eigenvalue weighted by Gasteiger charge is -2.14. The highest BCUT2D eigenvalue weighted by Gasteiger charge is 2.28. The number of halogens is 2. The second kappa shape index (κ2) is 12.2. The number of ether oxygens (including phenoxy) is 1. The summed E-state index contributed by atoms with van der Waals surface area (Å²) in [5, 5.41) is 24.5. The fourth-order valence-corrected chi connectivity index (χ4v) is 5.32. The van der Waals surface area contributed by atoms with Crippen LogP contribution >= 0.6 is 11.6 Å². The Morgan fingerprint density at radius 3 is 2.68 bits per heavy atom. The second-order valence-corrected chi connectivity index (χ2v) is 10.6. The van der Waals surface area contributed by atoms with Gasteiger partial charge in [-0.15, -0.1) is 0 Å². The lowest BCUT2D eigenvalue weighted by molar-refractivity contribution is 0.0941. The third-order valence-corrected chi connectivity index (χ3v) is 7.62. The number of carbonyl (C=O) groups is 2. The number of methoxy groups -OCH3 is 1. The van der Waals surface area contributed by atoms with Crippen molar-refractivity contribution < 1.29 is 28.3 Å². The molecule has 0 spiro atoms. The number of nitrogens with one attached hydrogen (secondary N) is 2. The van der Waals surface area contributed by atoms with E-state index in [4.69, 9.17) is 26.0 Å². The van der Waals surface area contributed by atoms with Crippen LogP contribution in [0.25, 0.3) is 22.2 Å². The number of carboxylic acid groups (broad SMARTS) is 1. The Hall–Kier alpha value is -5.17. The summed E-state index contributed by atoms with van der Waals surface area (Å²) < 4.78 is 27.1. The van der Waals surface area contributed by atoms with E-state index in [-0.39, 0.29) is 29.1 Å². The molecule has 0 radical (unpaired) electrons. The SMILES string of the molecule is COc1ccc(Cn2nc(NC3CCN(C(=O)O)C3)c3c(-c4ccc(CNC(=O)c5cc(Cl)on5)c(F)c4)ccnc32)cc1. The monoisotopic (exact) mass is 619 g/mol. The van der Waals surface area contributed by atoms with Gasteiger partial charge in [0.15, 0.2) is 17.2 Å². The number of hydrogen-bond donors (Lipinski definition) is 3. The highest BCUT2D eigenvalue weighted by molar-refractivity contribution is 6.29. The molecule has 6 rings (SSSR count). The van der Waals surface area contributed by atoms with Crippen molar-refractivity contribution in [3.63, 3.8) is 0 Å². The third kappa shape index (κ3) is 5.99. The van der Waals surface area contributed by atoms with E-state index >= 15 is 4.39 Å². The summed E-state index contributed by atoms with van der Waals surface area (Å²) in [5.41, 5.74) is 3.09. The van der Waals surface area contributed by atoms with Gasteiger partial charge in [-0.1, -0.05) is 29.4 Å². The predicted molar refractivity (Wildman–Crippen MR) is 159 cm³/mol. The van der Waals surface area contributed by atoms with Gasteiger partial charge in [-0.05, 0) is 59.0 Å². The van der Waals surface area contributed by atoms with Crippen molar-refractivity contribution in [1.29, 1.82) is 0 Å². The van der Waals surface area contributed by atoms with E-state index < -0.39 is 17.8 Å². The molecule has 12 nitrogen and oxygen atoms in total. The first-order valence-electron chi connectivity index (χ1n) is 13.7. The number of benzene rings is 2. The second-order valence-electron chi connectivity index (χ2n) is 10.3. The number of aromatic nitrogens is 4. The van der Waals surface area contributed by atoms with Crippen molar-refractivity contribution in [1.82, 2.24) is 30.1 Å². The van der Waals surface area contributed by atoms with Gasteiger partial charge in [0.1, 0.15) is 11.6 Å². The molecule has 2 aromatic carbocycles. The Bertz CT molecular complexity index is 1840. The van der Waals surface area contributed by atoms with Crippen LogP contribution in [0.2, 0.25) is 5.22 Å². The highest BCUT2D eigenvalue weighted by Crippen LogP contribution is 2.35. The third-order valence-electron chi connectivity index (χ3n) is 7.44.